The number of nitrogens with one attached hydrogen (secondary N) is 1. The van der Waals surface area contributed by atoms with Crippen molar-refractivity contribution in [1.82, 2.24) is 5.32 Å². The molecular formula is C12H24N2O2. The average molecular weight is 228 g/mol. The van der Waals surface area contributed by atoms with Gasteiger partial charge >= 0.3 is 0 Å². The van der Waals surface area contributed by atoms with Crippen LogP contribution in [0.2, 0.25) is 0 Å². The van der Waals surface area contributed by atoms with Gasteiger partial charge in [0.1, 0.15) is 0 Å². The van der Waals surface area contributed by atoms with Gasteiger partial charge in [0.2, 0.25) is 5.91 Å². The molecule has 4 N–H and O–H groups in total. The van der Waals surface area contributed by atoms with E-state index in [1.165, 1.54) is 0 Å². The molecule has 0 bridgehead atoms. The van der Waals surface area contributed by atoms with Crippen LogP contribution < -0.4 is 11.1 Å². The Bertz CT molecular complexity index is 221. The maximum absolute atomic E-state index is 11.8. The Labute approximate surface area is 97.6 Å². The first-order valence-corrected chi connectivity index (χ1v) is 6.30. The topological polar surface area (TPSA) is 75.3 Å². The van der Waals surface area contributed by atoms with Gasteiger partial charge < -0.3 is 16.2 Å². The Hall–Kier alpha value is -0.610. The highest BCUT2D eigenvalue weighted by Crippen LogP contribution is 2.29. The minimum absolute atomic E-state index is 0.0159. The Balaban J connectivity index is 2.27. The van der Waals surface area contributed by atoms with E-state index in [1.807, 2.05) is 0 Å². The fourth-order valence-electron chi connectivity index (χ4n) is 2.14. The van der Waals surface area contributed by atoms with Crippen molar-refractivity contribution in [1.29, 1.82) is 0 Å². The van der Waals surface area contributed by atoms with Crippen molar-refractivity contribution >= 4 is 5.91 Å². The lowest BCUT2D eigenvalue weighted by Gasteiger charge is -2.36. The van der Waals surface area contributed by atoms with E-state index in [1.54, 1.807) is 0 Å². The van der Waals surface area contributed by atoms with Crippen LogP contribution >= 0.6 is 0 Å². The van der Waals surface area contributed by atoms with Gasteiger partial charge in [-0.25, -0.2) is 0 Å². The Kier molecular flexibility index (Phi) is 5.22. The van der Waals surface area contributed by atoms with E-state index in [-0.39, 0.29) is 12.5 Å². The molecule has 1 saturated carbocycles. The molecule has 4 nitrogen and oxygen atoms in total. The summed E-state index contributed by atoms with van der Waals surface area (Å²) in [7, 11) is 0. The lowest BCUT2D eigenvalue weighted by molar-refractivity contribution is -0.129. The molecule has 0 heterocycles. The predicted octanol–water partition coefficient (Wildman–Crippen LogP) is 0.783. The number of nitrogens with two attached hydrogens (primary N) is 1. The van der Waals surface area contributed by atoms with Gasteiger partial charge in [-0.05, 0) is 38.0 Å². The highest BCUT2D eigenvalue weighted by atomic mass is 16.3. The number of hydrogen-bond donors (Lipinski definition) is 3. The molecule has 94 valence electrons. The first kappa shape index (κ1) is 13.5. The van der Waals surface area contributed by atoms with Crippen molar-refractivity contribution < 1.29 is 9.90 Å². The molecule has 0 aromatic heterocycles. The highest BCUT2D eigenvalue weighted by molar-refractivity contribution is 5.86. The summed E-state index contributed by atoms with van der Waals surface area (Å²) in [6.07, 6.45) is 5.53. The number of aliphatic hydroxyl groups is 1. The van der Waals surface area contributed by atoms with Gasteiger partial charge in [0.05, 0.1) is 5.54 Å². The number of aliphatic hydroxyl groups excluding tert-OH is 1. The standard InChI is InChI=1S/C12H24N2O2/c1-2-4-10(5-8-15)9-14-11(16)12(13)6-3-7-12/h10,15H,2-9,13H2,1H3,(H,14,16). The van der Waals surface area contributed by atoms with Gasteiger partial charge in [-0.1, -0.05) is 13.3 Å². The first-order valence-electron chi connectivity index (χ1n) is 6.30. The minimum Gasteiger partial charge on any atom is -0.396 e. The number of amides is 1. The molecule has 0 aromatic rings. The second kappa shape index (κ2) is 6.21. The zero-order valence-corrected chi connectivity index (χ0v) is 10.2. The van der Waals surface area contributed by atoms with Crippen LogP contribution in [0.25, 0.3) is 0 Å². The maximum Gasteiger partial charge on any atom is 0.240 e. The first-order chi connectivity index (χ1) is 7.62. The normalized spacial score (nSPS) is 19.9. The molecular weight excluding hydrogens is 204 g/mol. The molecule has 0 spiro atoms. The molecule has 1 fully saturated rings. The van der Waals surface area contributed by atoms with Gasteiger partial charge in [0.15, 0.2) is 0 Å². The molecule has 16 heavy (non-hydrogen) atoms. The summed E-state index contributed by atoms with van der Waals surface area (Å²) in [5, 5.41) is 11.8. The molecule has 1 amide bonds. The molecule has 0 saturated heterocycles. The van der Waals surface area contributed by atoms with E-state index in [0.29, 0.717) is 12.5 Å². The van der Waals surface area contributed by atoms with Gasteiger partial charge in [0, 0.05) is 13.2 Å². The molecule has 1 aliphatic carbocycles. The molecule has 0 aliphatic heterocycles. The zero-order chi connectivity index (χ0) is 12.0. The average Bonchev–Trinajstić information content (AvgIpc) is 2.22. The Morgan fingerprint density at radius 1 is 1.50 bits per heavy atom. The van der Waals surface area contributed by atoms with Crippen LogP contribution in [-0.2, 0) is 4.79 Å². The van der Waals surface area contributed by atoms with Crippen molar-refractivity contribution in [2.24, 2.45) is 11.7 Å². The molecule has 4 heteroatoms. The largest absolute Gasteiger partial charge is 0.396 e. The summed E-state index contributed by atoms with van der Waals surface area (Å²) in [5.74, 6) is 0.361. The van der Waals surface area contributed by atoms with Crippen molar-refractivity contribution in [2.75, 3.05) is 13.2 Å². The summed E-state index contributed by atoms with van der Waals surface area (Å²) in [4.78, 5) is 11.8. The van der Waals surface area contributed by atoms with Crippen LogP contribution in [0.3, 0.4) is 0 Å². The highest BCUT2D eigenvalue weighted by Gasteiger charge is 2.39. The fraction of sp³-hybridized carbons (Fsp3) is 0.917. The van der Waals surface area contributed by atoms with Gasteiger partial charge in [-0.15, -0.1) is 0 Å². The van der Waals surface area contributed by atoms with Crippen molar-refractivity contribution in [3.8, 4) is 0 Å². The molecule has 1 atom stereocenters. The molecule has 1 unspecified atom stereocenters. The quantitative estimate of drug-likeness (QED) is 0.603. The van der Waals surface area contributed by atoms with E-state index in [2.05, 4.69) is 12.2 Å². The summed E-state index contributed by atoms with van der Waals surface area (Å²) in [6.45, 7) is 2.95. The van der Waals surface area contributed by atoms with Crippen molar-refractivity contribution in [2.45, 2.75) is 51.0 Å². The second-order valence-corrected chi connectivity index (χ2v) is 4.89. The van der Waals surface area contributed by atoms with Crippen LogP contribution in [0.4, 0.5) is 0 Å². The van der Waals surface area contributed by atoms with Gasteiger partial charge in [0.25, 0.3) is 0 Å². The molecule has 0 aromatic carbocycles. The summed E-state index contributed by atoms with van der Waals surface area (Å²) < 4.78 is 0. The molecule has 1 aliphatic rings. The number of carbonyl (C=O) groups is 1. The smallest absolute Gasteiger partial charge is 0.240 e. The van der Waals surface area contributed by atoms with Crippen LogP contribution in [0.1, 0.15) is 45.4 Å². The Morgan fingerprint density at radius 2 is 2.19 bits per heavy atom. The SMILES string of the molecule is CCCC(CCO)CNC(=O)C1(N)CCC1. The van der Waals surface area contributed by atoms with E-state index in [0.717, 1.165) is 38.5 Å². The van der Waals surface area contributed by atoms with E-state index >= 15 is 0 Å². The minimum atomic E-state index is -0.601. The van der Waals surface area contributed by atoms with Crippen LogP contribution in [-0.4, -0.2) is 29.7 Å². The van der Waals surface area contributed by atoms with Crippen LogP contribution in [0.5, 0.6) is 0 Å². The van der Waals surface area contributed by atoms with Gasteiger partial charge in [-0.3, -0.25) is 4.79 Å². The monoisotopic (exact) mass is 228 g/mol. The number of rotatable bonds is 7. The third-order valence-corrected chi connectivity index (χ3v) is 3.48. The van der Waals surface area contributed by atoms with Crippen molar-refractivity contribution in [3.05, 3.63) is 0 Å². The van der Waals surface area contributed by atoms with E-state index in [9.17, 15) is 4.79 Å². The number of hydrogen-bond acceptors (Lipinski definition) is 3. The third kappa shape index (κ3) is 3.46. The maximum atomic E-state index is 11.8. The predicted molar refractivity (Wildman–Crippen MR) is 63.9 cm³/mol. The van der Waals surface area contributed by atoms with Gasteiger partial charge in [-0.2, -0.15) is 0 Å². The van der Waals surface area contributed by atoms with Crippen LogP contribution in [0, 0.1) is 5.92 Å². The van der Waals surface area contributed by atoms with E-state index < -0.39 is 5.54 Å². The van der Waals surface area contributed by atoms with Crippen LogP contribution in [0.15, 0.2) is 0 Å². The third-order valence-electron chi connectivity index (χ3n) is 3.48. The summed E-state index contributed by atoms with van der Waals surface area (Å²) >= 11 is 0. The lowest BCUT2D eigenvalue weighted by Crippen LogP contribution is -2.59. The van der Waals surface area contributed by atoms with Crippen molar-refractivity contribution in [3.63, 3.8) is 0 Å². The number of carbonyl (C=O) groups excluding carboxylic acids is 1. The fourth-order valence-corrected chi connectivity index (χ4v) is 2.14. The Morgan fingerprint density at radius 3 is 2.62 bits per heavy atom. The van der Waals surface area contributed by atoms with E-state index in [4.69, 9.17) is 10.8 Å². The second-order valence-electron chi connectivity index (χ2n) is 4.89. The molecule has 0 radical (unpaired) electrons. The zero-order valence-electron chi connectivity index (χ0n) is 10.2. The summed E-state index contributed by atoms with van der Waals surface area (Å²) in [6, 6.07) is 0. The lowest BCUT2D eigenvalue weighted by atomic mass is 9.77. The molecule has 1 rings (SSSR count). The summed E-state index contributed by atoms with van der Waals surface area (Å²) in [5.41, 5.74) is 5.32.